The van der Waals surface area contributed by atoms with Crippen LogP contribution in [-0.2, 0) is 9.59 Å². The Labute approximate surface area is 140 Å². The van der Waals surface area contributed by atoms with Gasteiger partial charge in [0.15, 0.2) is 0 Å². The second-order valence-electron chi connectivity index (χ2n) is 7.07. The van der Waals surface area contributed by atoms with Crippen molar-refractivity contribution in [2.24, 2.45) is 0 Å². The zero-order chi connectivity index (χ0) is 16.7. The summed E-state index contributed by atoms with van der Waals surface area (Å²) in [6, 6.07) is 0.190. The highest BCUT2D eigenvalue weighted by Gasteiger charge is 2.23. The minimum atomic E-state index is 0.0918. The molecule has 0 aliphatic carbocycles. The van der Waals surface area contributed by atoms with E-state index in [0.29, 0.717) is 13.1 Å². The van der Waals surface area contributed by atoms with Gasteiger partial charge in [-0.3, -0.25) is 19.4 Å². The van der Waals surface area contributed by atoms with E-state index in [2.05, 4.69) is 15.1 Å². The zero-order valence-electron chi connectivity index (χ0n) is 14.7. The average Bonchev–Trinajstić information content (AvgIpc) is 2.77. The van der Waals surface area contributed by atoms with E-state index in [-0.39, 0.29) is 17.9 Å². The van der Waals surface area contributed by atoms with Crippen LogP contribution in [0.1, 0.15) is 39.5 Å². The SMILES string of the molecule is CC(C)NC(=O)CN1CCN(CC(=O)N2CCCCCC2)CC1. The van der Waals surface area contributed by atoms with E-state index < -0.39 is 0 Å². The van der Waals surface area contributed by atoms with Crippen LogP contribution >= 0.6 is 0 Å². The largest absolute Gasteiger partial charge is 0.353 e. The molecule has 0 unspecified atom stereocenters. The standard InChI is InChI=1S/C17H32N4O2/c1-15(2)18-16(22)13-19-9-11-20(12-10-19)14-17(23)21-7-5-3-4-6-8-21/h15H,3-14H2,1-2H3,(H,18,22). The Balaban J connectivity index is 1.67. The minimum Gasteiger partial charge on any atom is -0.353 e. The van der Waals surface area contributed by atoms with Gasteiger partial charge in [-0.15, -0.1) is 0 Å². The number of likely N-dealkylation sites (tertiary alicyclic amines) is 1. The van der Waals surface area contributed by atoms with Crippen molar-refractivity contribution in [1.29, 1.82) is 0 Å². The monoisotopic (exact) mass is 324 g/mol. The van der Waals surface area contributed by atoms with Gasteiger partial charge in [0.25, 0.3) is 0 Å². The number of carbonyl (C=O) groups excluding carboxylic acids is 2. The Morgan fingerprint density at radius 1 is 0.826 bits per heavy atom. The fraction of sp³-hybridized carbons (Fsp3) is 0.882. The fourth-order valence-corrected chi connectivity index (χ4v) is 3.29. The van der Waals surface area contributed by atoms with E-state index in [1.54, 1.807) is 0 Å². The summed E-state index contributed by atoms with van der Waals surface area (Å²) in [5, 5.41) is 2.93. The first-order valence-electron chi connectivity index (χ1n) is 9.06. The molecule has 6 heteroatoms. The van der Waals surface area contributed by atoms with Gasteiger partial charge in [-0.2, -0.15) is 0 Å². The van der Waals surface area contributed by atoms with Gasteiger partial charge in [0.2, 0.25) is 11.8 Å². The number of rotatable bonds is 5. The van der Waals surface area contributed by atoms with E-state index in [0.717, 1.165) is 52.1 Å². The molecule has 0 atom stereocenters. The minimum absolute atomic E-state index is 0.0918. The van der Waals surface area contributed by atoms with E-state index in [9.17, 15) is 9.59 Å². The number of nitrogens with zero attached hydrogens (tertiary/aromatic N) is 3. The highest BCUT2D eigenvalue weighted by molar-refractivity contribution is 5.78. The van der Waals surface area contributed by atoms with Gasteiger partial charge in [0.05, 0.1) is 13.1 Å². The van der Waals surface area contributed by atoms with E-state index in [1.165, 1.54) is 12.8 Å². The highest BCUT2D eigenvalue weighted by atomic mass is 16.2. The molecular weight excluding hydrogens is 292 g/mol. The molecule has 0 radical (unpaired) electrons. The third kappa shape index (κ3) is 6.47. The molecule has 0 aromatic heterocycles. The summed E-state index contributed by atoms with van der Waals surface area (Å²) in [5.74, 6) is 0.368. The van der Waals surface area contributed by atoms with Crippen molar-refractivity contribution >= 4 is 11.8 Å². The lowest BCUT2D eigenvalue weighted by molar-refractivity contribution is -0.133. The Bertz CT molecular complexity index is 384. The molecule has 6 nitrogen and oxygen atoms in total. The van der Waals surface area contributed by atoms with Gasteiger partial charge in [-0.05, 0) is 26.7 Å². The number of hydrogen-bond acceptors (Lipinski definition) is 4. The van der Waals surface area contributed by atoms with Crippen LogP contribution in [0.4, 0.5) is 0 Å². The van der Waals surface area contributed by atoms with Gasteiger partial charge >= 0.3 is 0 Å². The Morgan fingerprint density at radius 3 is 1.87 bits per heavy atom. The van der Waals surface area contributed by atoms with E-state index in [1.807, 2.05) is 18.7 Å². The predicted octanol–water partition coefficient (Wildman–Crippen LogP) is 0.531. The summed E-state index contributed by atoms with van der Waals surface area (Å²) in [7, 11) is 0. The molecular formula is C17H32N4O2. The first kappa shape index (κ1) is 18.2. The Kier molecular flexibility index (Phi) is 7.30. The second-order valence-corrected chi connectivity index (χ2v) is 7.07. The normalized spacial score (nSPS) is 21.3. The summed E-state index contributed by atoms with van der Waals surface area (Å²) in [4.78, 5) is 30.6. The van der Waals surface area contributed by atoms with Crippen LogP contribution < -0.4 is 5.32 Å². The molecule has 0 aromatic carbocycles. The average molecular weight is 324 g/mol. The number of piperazine rings is 1. The summed E-state index contributed by atoms with van der Waals surface area (Å²) < 4.78 is 0. The molecule has 2 heterocycles. The summed E-state index contributed by atoms with van der Waals surface area (Å²) in [6.07, 6.45) is 4.79. The van der Waals surface area contributed by atoms with Crippen molar-refractivity contribution in [2.75, 3.05) is 52.4 Å². The van der Waals surface area contributed by atoms with Gasteiger partial charge in [-0.1, -0.05) is 12.8 Å². The van der Waals surface area contributed by atoms with Crippen LogP contribution in [0.2, 0.25) is 0 Å². The van der Waals surface area contributed by atoms with Crippen molar-refractivity contribution in [1.82, 2.24) is 20.0 Å². The van der Waals surface area contributed by atoms with Crippen molar-refractivity contribution in [3.63, 3.8) is 0 Å². The molecule has 2 saturated heterocycles. The topological polar surface area (TPSA) is 55.9 Å². The van der Waals surface area contributed by atoms with Gasteiger partial charge < -0.3 is 10.2 Å². The number of nitrogens with one attached hydrogen (secondary N) is 1. The maximum absolute atomic E-state index is 12.4. The lowest BCUT2D eigenvalue weighted by Gasteiger charge is -2.35. The van der Waals surface area contributed by atoms with Crippen molar-refractivity contribution in [2.45, 2.75) is 45.6 Å². The molecule has 0 saturated carbocycles. The summed E-state index contributed by atoms with van der Waals surface area (Å²) in [5.41, 5.74) is 0. The van der Waals surface area contributed by atoms with Crippen LogP contribution in [0, 0.1) is 0 Å². The molecule has 2 amide bonds. The van der Waals surface area contributed by atoms with Crippen molar-refractivity contribution in [3.8, 4) is 0 Å². The van der Waals surface area contributed by atoms with Gasteiger partial charge in [-0.25, -0.2) is 0 Å². The molecule has 2 fully saturated rings. The Hall–Kier alpha value is -1.14. The van der Waals surface area contributed by atoms with Crippen LogP contribution in [0.5, 0.6) is 0 Å². The third-order valence-electron chi connectivity index (χ3n) is 4.60. The lowest BCUT2D eigenvalue weighted by atomic mass is 10.2. The van der Waals surface area contributed by atoms with Gasteiger partial charge in [0.1, 0.15) is 0 Å². The number of hydrogen-bond donors (Lipinski definition) is 1. The maximum atomic E-state index is 12.4. The molecule has 2 aliphatic heterocycles. The molecule has 23 heavy (non-hydrogen) atoms. The van der Waals surface area contributed by atoms with Crippen LogP contribution in [0.3, 0.4) is 0 Å². The quantitative estimate of drug-likeness (QED) is 0.802. The number of amides is 2. The molecule has 0 bridgehead atoms. The molecule has 2 aliphatic rings. The Morgan fingerprint density at radius 2 is 1.35 bits per heavy atom. The molecule has 132 valence electrons. The van der Waals surface area contributed by atoms with E-state index >= 15 is 0 Å². The molecule has 1 N–H and O–H groups in total. The first-order chi connectivity index (χ1) is 11.0. The maximum Gasteiger partial charge on any atom is 0.236 e. The van der Waals surface area contributed by atoms with Crippen molar-refractivity contribution < 1.29 is 9.59 Å². The van der Waals surface area contributed by atoms with Gasteiger partial charge in [0, 0.05) is 45.3 Å². The third-order valence-corrected chi connectivity index (χ3v) is 4.60. The lowest BCUT2D eigenvalue weighted by Crippen LogP contribution is -2.52. The van der Waals surface area contributed by atoms with E-state index in [4.69, 9.17) is 0 Å². The van der Waals surface area contributed by atoms with Crippen molar-refractivity contribution in [3.05, 3.63) is 0 Å². The van der Waals surface area contributed by atoms with Crippen LogP contribution in [-0.4, -0.2) is 84.9 Å². The summed E-state index contributed by atoms with van der Waals surface area (Å²) in [6.45, 7) is 10.3. The smallest absolute Gasteiger partial charge is 0.236 e. The molecule has 0 aromatic rings. The number of carbonyl (C=O) groups is 2. The summed E-state index contributed by atoms with van der Waals surface area (Å²) >= 11 is 0. The molecule has 2 rings (SSSR count). The molecule has 0 spiro atoms. The first-order valence-corrected chi connectivity index (χ1v) is 9.06. The highest BCUT2D eigenvalue weighted by Crippen LogP contribution is 2.10. The predicted molar refractivity (Wildman–Crippen MR) is 91.2 cm³/mol. The second kappa shape index (κ2) is 9.23. The van der Waals surface area contributed by atoms with Crippen LogP contribution in [0.15, 0.2) is 0 Å². The zero-order valence-corrected chi connectivity index (χ0v) is 14.7. The fourth-order valence-electron chi connectivity index (χ4n) is 3.29. The van der Waals surface area contributed by atoms with Crippen LogP contribution in [0.25, 0.3) is 0 Å².